The quantitative estimate of drug-likeness (QED) is 0.620. The molecule has 0 spiro atoms. The Labute approximate surface area is 124 Å². The number of hydrogen-bond acceptors (Lipinski definition) is 3. The van der Waals surface area contributed by atoms with Gasteiger partial charge in [-0.2, -0.15) is 0 Å². The summed E-state index contributed by atoms with van der Waals surface area (Å²) in [5, 5.41) is 8.39. The average molecular weight is 280 g/mol. The molecule has 1 aliphatic carbocycles. The highest BCUT2D eigenvalue weighted by Gasteiger charge is 2.31. The van der Waals surface area contributed by atoms with Crippen molar-refractivity contribution in [2.75, 3.05) is 6.54 Å². The molecule has 0 bridgehead atoms. The van der Waals surface area contributed by atoms with Gasteiger partial charge in [0.15, 0.2) is 0 Å². The summed E-state index contributed by atoms with van der Waals surface area (Å²) >= 11 is 0. The Morgan fingerprint density at radius 2 is 2.24 bits per heavy atom. The normalized spacial score (nSPS) is 22.7. The van der Waals surface area contributed by atoms with Crippen molar-refractivity contribution in [3.05, 3.63) is 42.5 Å². The third-order valence-electron chi connectivity index (χ3n) is 3.97. The van der Waals surface area contributed by atoms with E-state index in [1.54, 1.807) is 0 Å². The van der Waals surface area contributed by atoms with Gasteiger partial charge in [0.05, 0.1) is 11.2 Å². The van der Waals surface area contributed by atoms with Crippen molar-refractivity contribution in [1.29, 1.82) is 0 Å². The second-order valence-corrected chi connectivity index (χ2v) is 5.55. The van der Waals surface area contributed by atoms with E-state index in [9.17, 15) is 0 Å². The monoisotopic (exact) mass is 280 g/mol. The lowest BCUT2D eigenvalue weighted by Gasteiger charge is -2.01. The second-order valence-electron chi connectivity index (χ2n) is 5.55. The Balaban J connectivity index is 1.70. The first-order valence-electron chi connectivity index (χ1n) is 7.43. The predicted octanol–water partition coefficient (Wildman–Crippen LogP) is 3.58. The van der Waals surface area contributed by atoms with E-state index in [0.717, 1.165) is 35.1 Å². The Kier molecular flexibility index (Phi) is 3.95. The first kappa shape index (κ1) is 13.7. The SMILES string of the molecule is C/C=C(/C=C\C=NCC1CC1C)n1nnc2ccccc21. The van der Waals surface area contributed by atoms with Crippen LogP contribution in [0.2, 0.25) is 0 Å². The lowest BCUT2D eigenvalue weighted by atomic mass is 10.3. The van der Waals surface area contributed by atoms with Gasteiger partial charge in [0.1, 0.15) is 5.52 Å². The van der Waals surface area contributed by atoms with Gasteiger partial charge in [-0.25, -0.2) is 4.68 Å². The van der Waals surface area contributed by atoms with Crippen molar-refractivity contribution in [2.45, 2.75) is 20.3 Å². The van der Waals surface area contributed by atoms with Crippen molar-refractivity contribution in [3.8, 4) is 0 Å². The third kappa shape index (κ3) is 3.10. The van der Waals surface area contributed by atoms with Gasteiger partial charge in [-0.05, 0) is 49.5 Å². The molecule has 4 heteroatoms. The summed E-state index contributed by atoms with van der Waals surface area (Å²) in [6, 6.07) is 7.96. The standard InChI is InChI=1S/C17H20N4/c1-3-15(7-6-10-18-12-14-11-13(14)2)21-17-9-5-4-8-16(17)19-20-21/h3-10,13-14H,11-12H2,1-2H3/b7-6-,15-3-,18-10?. The maximum atomic E-state index is 4.45. The summed E-state index contributed by atoms with van der Waals surface area (Å²) in [7, 11) is 0. The van der Waals surface area contributed by atoms with Crippen LogP contribution < -0.4 is 0 Å². The molecule has 1 saturated carbocycles. The van der Waals surface area contributed by atoms with E-state index in [1.807, 2.05) is 60.3 Å². The minimum Gasteiger partial charge on any atom is -0.293 e. The van der Waals surface area contributed by atoms with Crippen LogP contribution in [0.1, 0.15) is 20.3 Å². The molecule has 3 rings (SSSR count). The predicted molar refractivity (Wildman–Crippen MR) is 87.2 cm³/mol. The average Bonchev–Trinajstić information content (AvgIpc) is 3.05. The molecule has 1 heterocycles. The van der Waals surface area contributed by atoms with Crippen LogP contribution in [0, 0.1) is 11.8 Å². The number of nitrogens with zero attached hydrogens (tertiary/aromatic N) is 4. The zero-order valence-electron chi connectivity index (χ0n) is 12.5. The van der Waals surface area contributed by atoms with E-state index >= 15 is 0 Å². The number of aliphatic imine (C=N–C) groups is 1. The number of hydrogen-bond donors (Lipinski definition) is 0. The Bertz CT molecular complexity index is 708. The van der Waals surface area contributed by atoms with Crippen molar-refractivity contribution in [2.24, 2.45) is 16.8 Å². The number of allylic oxidation sites excluding steroid dienone is 4. The van der Waals surface area contributed by atoms with Gasteiger partial charge in [-0.3, -0.25) is 4.99 Å². The van der Waals surface area contributed by atoms with Crippen LogP contribution in [0.25, 0.3) is 16.7 Å². The first-order valence-corrected chi connectivity index (χ1v) is 7.43. The largest absolute Gasteiger partial charge is 0.293 e. The topological polar surface area (TPSA) is 43.1 Å². The van der Waals surface area contributed by atoms with Crippen LogP contribution in [-0.4, -0.2) is 27.8 Å². The van der Waals surface area contributed by atoms with Crippen molar-refractivity contribution in [1.82, 2.24) is 15.0 Å². The molecule has 0 amide bonds. The van der Waals surface area contributed by atoms with Crippen LogP contribution in [0.5, 0.6) is 0 Å². The van der Waals surface area contributed by atoms with Gasteiger partial charge in [0.2, 0.25) is 0 Å². The maximum Gasteiger partial charge on any atom is 0.113 e. The van der Waals surface area contributed by atoms with E-state index < -0.39 is 0 Å². The first-order chi connectivity index (χ1) is 10.3. The highest BCUT2D eigenvalue weighted by molar-refractivity contribution is 5.81. The highest BCUT2D eigenvalue weighted by Crippen LogP contribution is 2.37. The minimum atomic E-state index is 0.801. The molecule has 4 nitrogen and oxygen atoms in total. The molecule has 0 aliphatic heterocycles. The molecule has 1 aliphatic rings. The fraction of sp³-hybridized carbons (Fsp3) is 0.353. The number of benzene rings is 1. The molecule has 0 radical (unpaired) electrons. The zero-order valence-corrected chi connectivity index (χ0v) is 12.5. The van der Waals surface area contributed by atoms with Crippen LogP contribution in [0.15, 0.2) is 47.5 Å². The second kappa shape index (κ2) is 6.04. The van der Waals surface area contributed by atoms with Crippen molar-refractivity contribution >= 4 is 22.9 Å². The Hall–Kier alpha value is -2.23. The van der Waals surface area contributed by atoms with E-state index in [0.29, 0.717) is 0 Å². The van der Waals surface area contributed by atoms with Crippen LogP contribution in [0.4, 0.5) is 0 Å². The summed E-state index contributed by atoms with van der Waals surface area (Å²) in [5.74, 6) is 1.66. The van der Waals surface area contributed by atoms with E-state index in [-0.39, 0.29) is 0 Å². The lowest BCUT2D eigenvalue weighted by Crippen LogP contribution is -1.97. The molecule has 2 unspecified atom stereocenters. The fourth-order valence-corrected chi connectivity index (χ4v) is 2.40. The van der Waals surface area contributed by atoms with Crippen molar-refractivity contribution in [3.63, 3.8) is 0 Å². The van der Waals surface area contributed by atoms with Crippen molar-refractivity contribution < 1.29 is 0 Å². The summed E-state index contributed by atoms with van der Waals surface area (Å²) in [4.78, 5) is 4.45. The molecule has 0 saturated heterocycles. The number of rotatable bonds is 5. The third-order valence-corrected chi connectivity index (χ3v) is 3.97. The summed E-state index contributed by atoms with van der Waals surface area (Å²) in [6.45, 7) is 5.23. The van der Waals surface area contributed by atoms with Gasteiger partial charge in [0, 0.05) is 12.8 Å². The molecular formula is C17H20N4. The number of aromatic nitrogens is 3. The number of para-hydroxylation sites is 1. The van der Waals surface area contributed by atoms with Gasteiger partial charge in [0.25, 0.3) is 0 Å². The van der Waals surface area contributed by atoms with Gasteiger partial charge in [-0.15, -0.1) is 5.10 Å². The molecule has 1 fully saturated rings. The smallest absolute Gasteiger partial charge is 0.113 e. The molecule has 108 valence electrons. The van der Waals surface area contributed by atoms with Gasteiger partial charge < -0.3 is 0 Å². The van der Waals surface area contributed by atoms with Crippen LogP contribution in [0.3, 0.4) is 0 Å². The summed E-state index contributed by atoms with van der Waals surface area (Å²) in [5.41, 5.74) is 2.91. The minimum absolute atomic E-state index is 0.801. The molecule has 2 atom stereocenters. The van der Waals surface area contributed by atoms with Crippen LogP contribution >= 0.6 is 0 Å². The lowest BCUT2D eigenvalue weighted by molar-refractivity contribution is 0.764. The number of fused-ring (bicyclic) bond motifs is 1. The summed E-state index contributed by atoms with van der Waals surface area (Å²) < 4.78 is 1.85. The van der Waals surface area contributed by atoms with Gasteiger partial charge >= 0.3 is 0 Å². The molecule has 21 heavy (non-hydrogen) atoms. The van der Waals surface area contributed by atoms with E-state index in [2.05, 4.69) is 22.2 Å². The van der Waals surface area contributed by atoms with Gasteiger partial charge in [-0.1, -0.05) is 30.3 Å². The fourth-order valence-electron chi connectivity index (χ4n) is 2.40. The summed E-state index contributed by atoms with van der Waals surface area (Å²) in [6.07, 6.45) is 9.22. The molecular weight excluding hydrogens is 260 g/mol. The van der Waals surface area contributed by atoms with Crippen LogP contribution in [-0.2, 0) is 0 Å². The van der Waals surface area contributed by atoms with E-state index in [4.69, 9.17) is 0 Å². The maximum absolute atomic E-state index is 4.45. The zero-order chi connectivity index (χ0) is 14.7. The van der Waals surface area contributed by atoms with E-state index in [1.165, 1.54) is 6.42 Å². The highest BCUT2D eigenvalue weighted by atomic mass is 15.4. The molecule has 2 aromatic rings. The Morgan fingerprint density at radius 3 is 3.00 bits per heavy atom. The molecule has 1 aromatic carbocycles. The molecule has 0 N–H and O–H groups in total. The molecule has 1 aromatic heterocycles. The Morgan fingerprint density at radius 1 is 1.43 bits per heavy atom.